The summed E-state index contributed by atoms with van der Waals surface area (Å²) in [6.45, 7) is 7.75. The lowest BCUT2D eigenvalue weighted by Crippen LogP contribution is -2.61. The van der Waals surface area contributed by atoms with Gasteiger partial charge in [-0.3, -0.25) is 4.90 Å². The second-order valence-electron chi connectivity index (χ2n) is 6.74. The maximum atomic E-state index is 9.37. The molecular formula is C16H24N2O. The van der Waals surface area contributed by atoms with E-state index in [1.54, 1.807) is 12.1 Å². The van der Waals surface area contributed by atoms with E-state index in [1.165, 1.54) is 18.4 Å². The highest BCUT2D eigenvalue weighted by molar-refractivity contribution is 5.26. The first-order valence-corrected chi connectivity index (χ1v) is 7.30. The van der Waals surface area contributed by atoms with Crippen LogP contribution in [0.15, 0.2) is 24.3 Å². The van der Waals surface area contributed by atoms with Gasteiger partial charge in [-0.05, 0) is 50.3 Å². The highest BCUT2D eigenvalue weighted by Crippen LogP contribution is 2.37. The Morgan fingerprint density at radius 2 is 1.95 bits per heavy atom. The van der Waals surface area contributed by atoms with E-state index in [4.69, 9.17) is 0 Å². The molecule has 3 rings (SSSR count). The van der Waals surface area contributed by atoms with Gasteiger partial charge < -0.3 is 10.4 Å². The van der Waals surface area contributed by atoms with Crippen LogP contribution >= 0.6 is 0 Å². The lowest BCUT2D eigenvalue weighted by Gasteiger charge is -2.45. The van der Waals surface area contributed by atoms with Crippen molar-refractivity contribution in [2.24, 2.45) is 5.92 Å². The Morgan fingerprint density at radius 1 is 1.26 bits per heavy atom. The maximum absolute atomic E-state index is 9.37. The van der Waals surface area contributed by atoms with E-state index >= 15 is 0 Å². The van der Waals surface area contributed by atoms with Gasteiger partial charge in [-0.25, -0.2) is 0 Å². The molecular weight excluding hydrogens is 236 g/mol. The summed E-state index contributed by atoms with van der Waals surface area (Å²) in [5.41, 5.74) is 1.49. The fourth-order valence-electron chi connectivity index (χ4n) is 3.15. The predicted molar refractivity (Wildman–Crippen MR) is 77.1 cm³/mol. The summed E-state index contributed by atoms with van der Waals surface area (Å²) in [6.07, 6.45) is 2.78. The van der Waals surface area contributed by atoms with Crippen LogP contribution in [0, 0.1) is 5.92 Å². The van der Waals surface area contributed by atoms with Gasteiger partial charge in [0.25, 0.3) is 0 Å². The number of aromatic hydroxyl groups is 1. The number of nitrogens with one attached hydrogen (secondary N) is 1. The van der Waals surface area contributed by atoms with E-state index in [9.17, 15) is 5.11 Å². The molecule has 1 aliphatic heterocycles. The number of phenolic OH excluding ortho intramolecular Hbond substituents is 1. The highest BCUT2D eigenvalue weighted by Gasteiger charge is 2.40. The first-order valence-electron chi connectivity index (χ1n) is 7.30. The monoisotopic (exact) mass is 260 g/mol. The summed E-state index contributed by atoms with van der Waals surface area (Å²) in [4.78, 5) is 2.63. The van der Waals surface area contributed by atoms with Gasteiger partial charge in [0.1, 0.15) is 5.75 Å². The van der Waals surface area contributed by atoms with Crippen molar-refractivity contribution in [3.8, 4) is 5.75 Å². The fourth-order valence-corrected chi connectivity index (χ4v) is 3.15. The number of piperazine rings is 1. The molecule has 0 aromatic heterocycles. The van der Waals surface area contributed by atoms with Crippen molar-refractivity contribution in [3.63, 3.8) is 0 Å². The molecule has 2 aliphatic rings. The van der Waals surface area contributed by atoms with Gasteiger partial charge in [0.2, 0.25) is 0 Å². The molecule has 0 amide bonds. The van der Waals surface area contributed by atoms with Crippen LogP contribution in [0.3, 0.4) is 0 Å². The summed E-state index contributed by atoms with van der Waals surface area (Å²) >= 11 is 0. The smallest absolute Gasteiger partial charge is 0.115 e. The lowest BCUT2D eigenvalue weighted by atomic mass is 9.96. The molecule has 1 saturated heterocycles. The van der Waals surface area contributed by atoms with Crippen LogP contribution in [0.2, 0.25) is 0 Å². The standard InChI is InChI=1S/C16H24N2O/c1-16(2)11-18(15(9-17-16)13-5-6-13)10-12-3-7-14(19)8-4-12/h3-4,7-8,13,15,17,19H,5-6,9-11H2,1-2H3. The Balaban J connectivity index is 1.73. The molecule has 1 aromatic rings. The van der Waals surface area contributed by atoms with Crippen LogP contribution in [0.4, 0.5) is 0 Å². The van der Waals surface area contributed by atoms with Gasteiger partial charge >= 0.3 is 0 Å². The maximum Gasteiger partial charge on any atom is 0.115 e. The Labute approximate surface area is 115 Å². The molecule has 1 aromatic carbocycles. The van der Waals surface area contributed by atoms with Crippen molar-refractivity contribution in [1.82, 2.24) is 10.2 Å². The van der Waals surface area contributed by atoms with Crippen molar-refractivity contribution in [2.75, 3.05) is 13.1 Å². The molecule has 1 atom stereocenters. The number of benzene rings is 1. The molecule has 1 saturated carbocycles. The van der Waals surface area contributed by atoms with E-state index in [2.05, 4.69) is 24.1 Å². The van der Waals surface area contributed by atoms with Crippen molar-refractivity contribution in [3.05, 3.63) is 29.8 Å². The van der Waals surface area contributed by atoms with Gasteiger partial charge in [-0.15, -0.1) is 0 Å². The summed E-state index contributed by atoms with van der Waals surface area (Å²) in [7, 11) is 0. The zero-order valence-corrected chi connectivity index (χ0v) is 11.9. The second-order valence-corrected chi connectivity index (χ2v) is 6.74. The Kier molecular flexibility index (Phi) is 3.27. The molecule has 1 aliphatic carbocycles. The predicted octanol–water partition coefficient (Wildman–Crippen LogP) is 2.35. The SMILES string of the molecule is CC1(C)CN(Cc2ccc(O)cc2)C(C2CC2)CN1. The third-order valence-electron chi connectivity index (χ3n) is 4.35. The number of hydrogen-bond donors (Lipinski definition) is 2. The normalized spacial score (nSPS) is 27.4. The highest BCUT2D eigenvalue weighted by atomic mass is 16.3. The Hall–Kier alpha value is -1.06. The lowest BCUT2D eigenvalue weighted by molar-refractivity contribution is 0.0759. The fraction of sp³-hybridized carbons (Fsp3) is 0.625. The quantitative estimate of drug-likeness (QED) is 0.875. The second kappa shape index (κ2) is 4.80. The van der Waals surface area contributed by atoms with E-state index in [0.29, 0.717) is 11.8 Å². The summed E-state index contributed by atoms with van der Waals surface area (Å²) < 4.78 is 0. The molecule has 0 bridgehead atoms. The van der Waals surface area contributed by atoms with Crippen LogP contribution in [0.25, 0.3) is 0 Å². The van der Waals surface area contributed by atoms with Crippen LogP contribution in [-0.2, 0) is 6.54 Å². The molecule has 104 valence electrons. The number of rotatable bonds is 3. The van der Waals surface area contributed by atoms with Crippen LogP contribution < -0.4 is 5.32 Å². The molecule has 3 nitrogen and oxygen atoms in total. The largest absolute Gasteiger partial charge is 0.508 e. The van der Waals surface area contributed by atoms with Crippen LogP contribution in [-0.4, -0.2) is 34.7 Å². The molecule has 0 radical (unpaired) electrons. The number of nitrogens with zero attached hydrogens (tertiary/aromatic N) is 1. The summed E-state index contributed by atoms with van der Waals surface area (Å²) in [6, 6.07) is 8.33. The van der Waals surface area contributed by atoms with Gasteiger partial charge in [0.05, 0.1) is 0 Å². The topological polar surface area (TPSA) is 35.5 Å². The third-order valence-corrected chi connectivity index (χ3v) is 4.35. The molecule has 3 heteroatoms. The van der Waals surface area contributed by atoms with Crippen molar-refractivity contribution < 1.29 is 5.11 Å². The summed E-state index contributed by atoms with van der Waals surface area (Å²) in [5, 5.41) is 13.0. The zero-order chi connectivity index (χ0) is 13.5. The average Bonchev–Trinajstić information content (AvgIpc) is 3.15. The summed E-state index contributed by atoms with van der Waals surface area (Å²) in [5.74, 6) is 1.24. The van der Waals surface area contributed by atoms with E-state index < -0.39 is 0 Å². The number of hydrogen-bond acceptors (Lipinski definition) is 3. The number of phenols is 1. The zero-order valence-electron chi connectivity index (χ0n) is 11.9. The first kappa shape index (κ1) is 12.9. The molecule has 1 unspecified atom stereocenters. The average molecular weight is 260 g/mol. The Morgan fingerprint density at radius 3 is 2.58 bits per heavy atom. The molecule has 0 spiro atoms. The van der Waals surface area contributed by atoms with Crippen LogP contribution in [0.1, 0.15) is 32.3 Å². The minimum Gasteiger partial charge on any atom is -0.508 e. The van der Waals surface area contributed by atoms with Gasteiger partial charge in [-0.2, -0.15) is 0 Å². The minimum absolute atomic E-state index is 0.197. The van der Waals surface area contributed by atoms with Crippen molar-refractivity contribution >= 4 is 0 Å². The van der Waals surface area contributed by atoms with Gasteiger partial charge in [0, 0.05) is 31.2 Å². The van der Waals surface area contributed by atoms with E-state index in [0.717, 1.165) is 25.6 Å². The first-order chi connectivity index (χ1) is 9.03. The van der Waals surface area contributed by atoms with Gasteiger partial charge in [0.15, 0.2) is 0 Å². The third kappa shape index (κ3) is 3.10. The Bertz CT molecular complexity index is 437. The van der Waals surface area contributed by atoms with E-state index in [-0.39, 0.29) is 5.54 Å². The molecule has 19 heavy (non-hydrogen) atoms. The van der Waals surface area contributed by atoms with E-state index in [1.807, 2.05) is 12.1 Å². The van der Waals surface area contributed by atoms with Crippen molar-refractivity contribution in [1.29, 1.82) is 0 Å². The minimum atomic E-state index is 0.197. The molecule has 2 fully saturated rings. The molecule has 2 N–H and O–H groups in total. The van der Waals surface area contributed by atoms with Gasteiger partial charge in [-0.1, -0.05) is 12.1 Å². The van der Waals surface area contributed by atoms with Crippen LogP contribution in [0.5, 0.6) is 5.75 Å². The molecule has 1 heterocycles. The van der Waals surface area contributed by atoms with Crippen molar-refractivity contribution in [2.45, 2.75) is 44.8 Å².